The third-order valence-corrected chi connectivity index (χ3v) is 3.36. The normalized spacial score (nSPS) is 18.3. The molecular weight excluding hydrogens is 232 g/mol. The lowest BCUT2D eigenvalue weighted by Crippen LogP contribution is -2.25. The smallest absolute Gasteiger partial charge is 0.309 e. The molecule has 4 heteroatoms. The van der Waals surface area contributed by atoms with Crippen molar-refractivity contribution in [2.24, 2.45) is 5.41 Å². The van der Waals surface area contributed by atoms with Gasteiger partial charge < -0.3 is 14.9 Å². The lowest BCUT2D eigenvalue weighted by molar-refractivity contribution is -0.145. The monoisotopic (exact) mass is 250 g/mol. The number of carbonyl (C=O) groups is 1. The molecule has 0 amide bonds. The second-order valence-electron chi connectivity index (χ2n) is 4.94. The molecule has 1 aliphatic carbocycles. The first-order valence-electron chi connectivity index (χ1n) is 6.15. The molecular formula is C14H18O4. The summed E-state index contributed by atoms with van der Waals surface area (Å²) >= 11 is 0. The lowest BCUT2D eigenvalue weighted by atomic mass is 9.99. The second-order valence-corrected chi connectivity index (χ2v) is 4.94. The number of carboxylic acids is 1. The minimum atomic E-state index is -0.801. The highest BCUT2D eigenvalue weighted by atomic mass is 16.5. The SMILES string of the molecule is O=C(O)C1(CC(O)COCc2ccccc2)CC1. The Bertz CT molecular complexity index is 398. The Balaban J connectivity index is 1.69. The van der Waals surface area contributed by atoms with Crippen molar-refractivity contribution in [2.45, 2.75) is 32.0 Å². The molecule has 2 N–H and O–H groups in total. The molecule has 0 aliphatic heterocycles. The zero-order chi connectivity index (χ0) is 13.0. The van der Waals surface area contributed by atoms with Crippen LogP contribution in [0.15, 0.2) is 30.3 Å². The molecule has 1 aliphatic rings. The van der Waals surface area contributed by atoms with Crippen LogP contribution in [0.1, 0.15) is 24.8 Å². The van der Waals surface area contributed by atoms with Crippen LogP contribution >= 0.6 is 0 Å². The van der Waals surface area contributed by atoms with E-state index < -0.39 is 17.5 Å². The summed E-state index contributed by atoms with van der Waals surface area (Å²) in [5.41, 5.74) is 0.360. The first-order valence-corrected chi connectivity index (χ1v) is 6.15. The molecule has 1 aromatic carbocycles. The Hall–Kier alpha value is -1.39. The summed E-state index contributed by atoms with van der Waals surface area (Å²) in [4.78, 5) is 11.0. The van der Waals surface area contributed by atoms with Gasteiger partial charge in [0.1, 0.15) is 0 Å². The highest BCUT2D eigenvalue weighted by Crippen LogP contribution is 2.49. The molecule has 1 fully saturated rings. The van der Waals surface area contributed by atoms with Crippen molar-refractivity contribution in [3.05, 3.63) is 35.9 Å². The second kappa shape index (κ2) is 5.50. The van der Waals surface area contributed by atoms with Gasteiger partial charge in [-0.05, 0) is 24.8 Å². The molecule has 0 radical (unpaired) electrons. The molecule has 1 saturated carbocycles. The van der Waals surface area contributed by atoms with Gasteiger partial charge in [0.05, 0.1) is 24.7 Å². The van der Waals surface area contributed by atoms with E-state index >= 15 is 0 Å². The van der Waals surface area contributed by atoms with Crippen LogP contribution < -0.4 is 0 Å². The van der Waals surface area contributed by atoms with Gasteiger partial charge in [-0.2, -0.15) is 0 Å². The predicted molar refractivity (Wildman–Crippen MR) is 66.0 cm³/mol. The number of rotatable bonds is 7. The zero-order valence-electron chi connectivity index (χ0n) is 10.2. The highest BCUT2D eigenvalue weighted by Gasteiger charge is 2.51. The van der Waals surface area contributed by atoms with Gasteiger partial charge in [-0.15, -0.1) is 0 Å². The van der Waals surface area contributed by atoms with Crippen LogP contribution in [0.3, 0.4) is 0 Å². The summed E-state index contributed by atoms with van der Waals surface area (Å²) in [7, 11) is 0. The summed E-state index contributed by atoms with van der Waals surface area (Å²) in [6, 6.07) is 9.69. The Morgan fingerprint density at radius 1 is 1.33 bits per heavy atom. The number of carboxylic acid groups (broad SMARTS) is 1. The maximum atomic E-state index is 11.0. The molecule has 4 nitrogen and oxygen atoms in total. The molecule has 98 valence electrons. The molecule has 1 unspecified atom stereocenters. The average molecular weight is 250 g/mol. The number of benzene rings is 1. The quantitative estimate of drug-likeness (QED) is 0.774. The molecule has 0 saturated heterocycles. The molecule has 0 heterocycles. The van der Waals surface area contributed by atoms with Crippen molar-refractivity contribution in [3.63, 3.8) is 0 Å². The number of ether oxygens (including phenoxy) is 1. The Labute approximate surface area is 106 Å². The van der Waals surface area contributed by atoms with Crippen LogP contribution in [0.25, 0.3) is 0 Å². The van der Waals surface area contributed by atoms with Crippen molar-refractivity contribution in [1.29, 1.82) is 0 Å². The predicted octanol–water partition coefficient (Wildman–Crippen LogP) is 1.82. The fraction of sp³-hybridized carbons (Fsp3) is 0.500. The van der Waals surface area contributed by atoms with E-state index in [0.717, 1.165) is 5.56 Å². The standard InChI is InChI=1S/C14H18O4/c15-12(8-14(6-7-14)13(16)17)10-18-9-11-4-2-1-3-5-11/h1-5,12,15H,6-10H2,(H,16,17). The van der Waals surface area contributed by atoms with E-state index in [1.165, 1.54) is 0 Å². The van der Waals surface area contributed by atoms with Gasteiger partial charge in [-0.25, -0.2) is 0 Å². The fourth-order valence-corrected chi connectivity index (χ4v) is 2.05. The van der Waals surface area contributed by atoms with E-state index in [0.29, 0.717) is 19.4 Å². The maximum Gasteiger partial charge on any atom is 0.309 e. The maximum absolute atomic E-state index is 11.0. The van der Waals surface area contributed by atoms with Crippen LogP contribution in [-0.4, -0.2) is 28.9 Å². The van der Waals surface area contributed by atoms with E-state index in [-0.39, 0.29) is 13.0 Å². The Morgan fingerprint density at radius 3 is 2.56 bits per heavy atom. The minimum absolute atomic E-state index is 0.184. The van der Waals surface area contributed by atoms with Gasteiger partial charge in [0.2, 0.25) is 0 Å². The van der Waals surface area contributed by atoms with Crippen LogP contribution in [-0.2, 0) is 16.1 Å². The summed E-state index contributed by atoms with van der Waals surface area (Å²) in [6.07, 6.45) is 0.917. The van der Waals surface area contributed by atoms with E-state index in [4.69, 9.17) is 9.84 Å². The van der Waals surface area contributed by atoms with Gasteiger partial charge in [-0.3, -0.25) is 4.79 Å². The highest BCUT2D eigenvalue weighted by molar-refractivity contribution is 5.77. The van der Waals surface area contributed by atoms with E-state index in [1.807, 2.05) is 30.3 Å². The number of aliphatic hydroxyl groups excluding tert-OH is 1. The van der Waals surface area contributed by atoms with E-state index in [9.17, 15) is 9.90 Å². The molecule has 1 atom stereocenters. The summed E-state index contributed by atoms with van der Waals surface area (Å²) in [5.74, 6) is -0.801. The van der Waals surface area contributed by atoms with Crippen molar-refractivity contribution in [1.82, 2.24) is 0 Å². The van der Waals surface area contributed by atoms with Gasteiger partial charge >= 0.3 is 5.97 Å². The number of aliphatic hydroxyl groups is 1. The van der Waals surface area contributed by atoms with Crippen molar-refractivity contribution in [3.8, 4) is 0 Å². The lowest BCUT2D eigenvalue weighted by Gasteiger charge is -2.15. The average Bonchev–Trinajstić information content (AvgIpc) is 3.11. The van der Waals surface area contributed by atoms with Gasteiger partial charge in [-0.1, -0.05) is 30.3 Å². The molecule has 18 heavy (non-hydrogen) atoms. The fourth-order valence-electron chi connectivity index (χ4n) is 2.05. The molecule has 1 aromatic rings. The first kappa shape index (κ1) is 13.1. The minimum Gasteiger partial charge on any atom is -0.481 e. The van der Waals surface area contributed by atoms with Crippen LogP contribution in [0, 0.1) is 5.41 Å². The van der Waals surface area contributed by atoms with Gasteiger partial charge in [0.15, 0.2) is 0 Å². The Kier molecular flexibility index (Phi) is 3.99. The van der Waals surface area contributed by atoms with Crippen molar-refractivity contribution >= 4 is 5.97 Å². The van der Waals surface area contributed by atoms with Crippen molar-refractivity contribution in [2.75, 3.05) is 6.61 Å². The molecule has 2 rings (SSSR count). The van der Waals surface area contributed by atoms with Crippen molar-refractivity contribution < 1.29 is 19.7 Å². The summed E-state index contributed by atoms with van der Waals surface area (Å²) in [6.45, 7) is 0.627. The number of hydrogen-bond donors (Lipinski definition) is 2. The molecule has 0 bridgehead atoms. The van der Waals surface area contributed by atoms with Gasteiger partial charge in [0.25, 0.3) is 0 Å². The molecule has 0 spiro atoms. The van der Waals surface area contributed by atoms with Crippen LogP contribution in [0.2, 0.25) is 0 Å². The Morgan fingerprint density at radius 2 is 2.00 bits per heavy atom. The van der Waals surface area contributed by atoms with E-state index in [2.05, 4.69) is 0 Å². The number of aliphatic carboxylic acids is 1. The summed E-state index contributed by atoms with van der Waals surface area (Å²) in [5, 5.41) is 18.8. The molecule has 0 aromatic heterocycles. The third kappa shape index (κ3) is 3.31. The third-order valence-electron chi connectivity index (χ3n) is 3.36. The first-order chi connectivity index (χ1) is 8.62. The topological polar surface area (TPSA) is 66.8 Å². The van der Waals surface area contributed by atoms with Crippen LogP contribution in [0.4, 0.5) is 0 Å². The van der Waals surface area contributed by atoms with Gasteiger partial charge in [0, 0.05) is 0 Å². The number of hydrogen-bond acceptors (Lipinski definition) is 3. The van der Waals surface area contributed by atoms with E-state index in [1.54, 1.807) is 0 Å². The van der Waals surface area contributed by atoms with Crippen LogP contribution in [0.5, 0.6) is 0 Å². The largest absolute Gasteiger partial charge is 0.481 e. The summed E-state index contributed by atoms with van der Waals surface area (Å²) < 4.78 is 5.39. The zero-order valence-corrected chi connectivity index (χ0v) is 10.2.